The van der Waals surface area contributed by atoms with E-state index >= 15 is 0 Å². The summed E-state index contributed by atoms with van der Waals surface area (Å²) in [5.74, 6) is 0.349. The first-order chi connectivity index (χ1) is 13.1. The van der Waals surface area contributed by atoms with Crippen molar-refractivity contribution >= 4 is 12.0 Å². The van der Waals surface area contributed by atoms with Crippen LogP contribution in [-0.4, -0.2) is 18.2 Å². The van der Waals surface area contributed by atoms with Crippen LogP contribution in [0.2, 0.25) is 0 Å². The van der Waals surface area contributed by atoms with Crippen molar-refractivity contribution in [3.8, 4) is 17.1 Å². The molecule has 0 saturated carbocycles. The smallest absolute Gasteiger partial charge is 0.331 e. The molecule has 1 aromatic heterocycles. The predicted octanol–water partition coefficient (Wildman–Crippen LogP) is 4.55. The monoisotopic (exact) mass is 367 g/mol. The van der Waals surface area contributed by atoms with Crippen LogP contribution in [0.3, 0.4) is 0 Å². The molecule has 27 heavy (non-hydrogen) atoms. The van der Waals surface area contributed by atoms with Crippen molar-refractivity contribution in [3.63, 3.8) is 0 Å². The number of aromatic nitrogens is 1. The molecule has 6 heteroatoms. The lowest BCUT2D eigenvalue weighted by atomic mass is 10.1. The molecule has 0 N–H and O–H groups in total. The minimum Gasteiger partial charge on any atom is -0.496 e. The summed E-state index contributed by atoms with van der Waals surface area (Å²) in [6, 6.07) is 13.2. The average Bonchev–Trinajstić information content (AvgIpc) is 3.06. The Morgan fingerprint density at radius 1 is 1.19 bits per heavy atom. The number of hydrogen-bond donors (Lipinski definition) is 0. The molecule has 0 radical (unpaired) electrons. The van der Waals surface area contributed by atoms with Gasteiger partial charge in [0.25, 0.3) is 0 Å². The van der Waals surface area contributed by atoms with Crippen molar-refractivity contribution in [2.75, 3.05) is 7.11 Å². The lowest BCUT2D eigenvalue weighted by Gasteiger charge is -2.03. The van der Waals surface area contributed by atoms with Crippen LogP contribution in [0.1, 0.15) is 16.8 Å². The third-order valence-electron chi connectivity index (χ3n) is 4.02. The van der Waals surface area contributed by atoms with E-state index in [1.807, 2.05) is 25.1 Å². The zero-order valence-electron chi connectivity index (χ0n) is 14.9. The van der Waals surface area contributed by atoms with Crippen LogP contribution < -0.4 is 4.74 Å². The molecule has 1 heterocycles. The van der Waals surface area contributed by atoms with Crippen LogP contribution in [0.25, 0.3) is 17.4 Å². The Balaban J connectivity index is 1.64. The fraction of sp³-hybridized carbons (Fsp3) is 0.143. The molecule has 5 nitrogen and oxygen atoms in total. The highest BCUT2D eigenvalue weighted by molar-refractivity contribution is 5.87. The molecule has 0 atom stereocenters. The second kappa shape index (κ2) is 8.31. The van der Waals surface area contributed by atoms with Gasteiger partial charge >= 0.3 is 5.97 Å². The van der Waals surface area contributed by atoms with Crippen molar-refractivity contribution in [1.82, 2.24) is 5.16 Å². The van der Waals surface area contributed by atoms with Crippen LogP contribution in [0.5, 0.6) is 5.75 Å². The first-order valence-corrected chi connectivity index (χ1v) is 8.27. The summed E-state index contributed by atoms with van der Waals surface area (Å²) in [5, 5.41) is 3.94. The number of carbonyl (C=O) groups excluding carboxylic acids is 1. The minimum atomic E-state index is -0.508. The van der Waals surface area contributed by atoms with Crippen molar-refractivity contribution < 1.29 is 23.2 Å². The number of para-hydroxylation sites is 1. The lowest BCUT2D eigenvalue weighted by molar-refractivity contribution is -0.139. The van der Waals surface area contributed by atoms with Gasteiger partial charge in [-0.2, -0.15) is 0 Å². The molecule has 0 aliphatic carbocycles. The Morgan fingerprint density at radius 3 is 2.67 bits per heavy atom. The van der Waals surface area contributed by atoms with E-state index in [2.05, 4.69) is 5.16 Å². The van der Waals surface area contributed by atoms with E-state index in [1.54, 1.807) is 31.4 Å². The van der Waals surface area contributed by atoms with Crippen LogP contribution in [-0.2, 0) is 16.1 Å². The molecule has 3 rings (SSSR count). The van der Waals surface area contributed by atoms with E-state index < -0.39 is 5.97 Å². The fourth-order valence-corrected chi connectivity index (χ4v) is 2.52. The van der Waals surface area contributed by atoms with Gasteiger partial charge in [-0.25, -0.2) is 9.18 Å². The number of methoxy groups -OCH3 is 1. The van der Waals surface area contributed by atoms with Gasteiger partial charge in [-0.1, -0.05) is 23.4 Å². The molecule has 3 aromatic rings. The third-order valence-corrected chi connectivity index (χ3v) is 4.02. The summed E-state index contributed by atoms with van der Waals surface area (Å²) < 4.78 is 28.8. The predicted molar refractivity (Wildman–Crippen MR) is 98.5 cm³/mol. The molecule has 0 saturated heterocycles. The van der Waals surface area contributed by atoms with Gasteiger partial charge in [-0.05, 0) is 43.3 Å². The van der Waals surface area contributed by atoms with Crippen LogP contribution in [0.4, 0.5) is 4.39 Å². The maximum absolute atomic E-state index is 13.0. The zero-order valence-corrected chi connectivity index (χ0v) is 14.9. The zero-order chi connectivity index (χ0) is 19.2. The second-order valence-electron chi connectivity index (χ2n) is 5.77. The summed E-state index contributed by atoms with van der Waals surface area (Å²) in [6.45, 7) is 1.79. The summed E-state index contributed by atoms with van der Waals surface area (Å²) in [4.78, 5) is 12.0. The molecule has 2 aromatic carbocycles. The number of carbonyl (C=O) groups is 1. The highest BCUT2D eigenvalue weighted by atomic mass is 19.1. The molecule has 0 aliphatic heterocycles. The van der Waals surface area contributed by atoms with E-state index in [9.17, 15) is 9.18 Å². The first-order valence-electron chi connectivity index (χ1n) is 8.27. The Bertz CT molecular complexity index is 961. The van der Waals surface area contributed by atoms with Crippen LogP contribution >= 0.6 is 0 Å². The molecule has 0 unspecified atom stereocenters. The number of halogens is 1. The average molecular weight is 367 g/mol. The lowest BCUT2D eigenvalue weighted by Crippen LogP contribution is -2.02. The second-order valence-corrected chi connectivity index (χ2v) is 5.77. The quantitative estimate of drug-likeness (QED) is 0.472. The maximum Gasteiger partial charge on any atom is 0.331 e. The third kappa shape index (κ3) is 4.41. The normalized spacial score (nSPS) is 10.9. The van der Waals surface area contributed by atoms with Crippen LogP contribution in [0.15, 0.2) is 59.1 Å². The highest BCUT2D eigenvalue weighted by Crippen LogP contribution is 2.26. The fourth-order valence-electron chi connectivity index (χ4n) is 2.52. The van der Waals surface area contributed by atoms with E-state index in [4.69, 9.17) is 14.0 Å². The van der Waals surface area contributed by atoms with E-state index in [0.29, 0.717) is 22.8 Å². The van der Waals surface area contributed by atoms with Gasteiger partial charge in [0.15, 0.2) is 5.76 Å². The van der Waals surface area contributed by atoms with Crippen molar-refractivity contribution in [3.05, 3.63) is 77.2 Å². The number of benzene rings is 2. The van der Waals surface area contributed by atoms with Gasteiger partial charge in [-0.3, -0.25) is 0 Å². The van der Waals surface area contributed by atoms with Gasteiger partial charge in [0.2, 0.25) is 0 Å². The van der Waals surface area contributed by atoms with E-state index in [-0.39, 0.29) is 12.4 Å². The summed E-state index contributed by atoms with van der Waals surface area (Å²) in [5.41, 5.74) is 2.72. The molecule has 138 valence electrons. The summed E-state index contributed by atoms with van der Waals surface area (Å²) in [6.07, 6.45) is 2.95. The highest BCUT2D eigenvalue weighted by Gasteiger charge is 2.15. The first kappa shape index (κ1) is 18.4. The Kier molecular flexibility index (Phi) is 5.66. The summed E-state index contributed by atoms with van der Waals surface area (Å²) >= 11 is 0. The summed E-state index contributed by atoms with van der Waals surface area (Å²) in [7, 11) is 1.57. The number of esters is 1. The van der Waals surface area contributed by atoms with E-state index in [0.717, 1.165) is 11.1 Å². The molecular weight excluding hydrogens is 349 g/mol. The number of ether oxygens (including phenoxy) is 2. The Hall–Kier alpha value is -3.41. The largest absolute Gasteiger partial charge is 0.496 e. The molecule has 0 spiro atoms. The van der Waals surface area contributed by atoms with Crippen molar-refractivity contribution in [2.45, 2.75) is 13.5 Å². The molecule has 0 fully saturated rings. The standard InChI is InChI=1S/C21H18FNO4/c1-14-18(23-27-21(14)16-7-10-17(22)11-8-16)13-26-20(24)12-9-15-5-3-4-6-19(15)25-2/h3-12H,13H2,1-2H3/b12-9+. The Labute approximate surface area is 156 Å². The van der Waals surface area contributed by atoms with Gasteiger partial charge in [0.1, 0.15) is 23.9 Å². The maximum atomic E-state index is 13.0. The molecular formula is C21H18FNO4. The van der Waals surface area contributed by atoms with Crippen molar-refractivity contribution in [2.24, 2.45) is 0 Å². The molecule has 0 amide bonds. The van der Waals surface area contributed by atoms with Gasteiger partial charge in [0, 0.05) is 22.8 Å². The number of nitrogens with zero attached hydrogens (tertiary/aromatic N) is 1. The number of hydrogen-bond acceptors (Lipinski definition) is 5. The minimum absolute atomic E-state index is 0.0222. The SMILES string of the molecule is COc1ccccc1/C=C/C(=O)OCc1noc(-c2ccc(F)cc2)c1C. The molecule has 0 aliphatic rings. The van der Waals surface area contributed by atoms with Gasteiger partial charge in [0.05, 0.1) is 7.11 Å². The van der Waals surface area contributed by atoms with Crippen molar-refractivity contribution in [1.29, 1.82) is 0 Å². The molecule has 0 bridgehead atoms. The van der Waals surface area contributed by atoms with Crippen LogP contribution in [0, 0.1) is 12.7 Å². The van der Waals surface area contributed by atoms with E-state index in [1.165, 1.54) is 18.2 Å². The van der Waals surface area contributed by atoms with Gasteiger partial charge < -0.3 is 14.0 Å². The topological polar surface area (TPSA) is 61.6 Å². The van der Waals surface area contributed by atoms with Gasteiger partial charge in [-0.15, -0.1) is 0 Å². The Morgan fingerprint density at radius 2 is 1.93 bits per heavy atom. The number of rotatable bonds is 6.